The number of rotatable bonds is 33. The number of carbonyl (C=O) groups is 1. The number of hydrogen-bond acceptors (Lipinski definition) is 8. The fraction of sp³-hybridized carbons (Fsp3) is 0.925. The van der Waals surface area contributed by atoms with E-state index in [4.69, 9.17) is 9.47 Å². The monoisotopic (exact) mass is 700 g/mol. The molecule has 0 radical (unpaired) electrons. The van der Waals surface area contributed by atoms with Gasteiger partial charge in [0.05, 0.1) is 25.4 Å². The van der Waals surface area contributed by atoms with Crippen LogP contribution in [0.25, 0.3) is 0 Å². The Hall–Kier alpha value is -1.07. The summed E-state index contributed by atoms with van der Waals surface area (Å²) < 4.78 is 11.2. The predicted molar refractivity (Wildman–Crippen MR) is 198 cm³/mol. The molecule has 1 amide bonds. The molecule has 290 valence electrons. The van der Waals surface area contributed by atoms with E-state index in [9.17, 15) is 30.3 Å². The van der Waals surface area contributed by atoms with Crippen molar-refractivity contribution in [3.63, 3.8) is 0 Å². The number of allylic oxidation sites excluding steroid dienone is 2. The minimum Gasteiger partial charge on any atom is -0.394 e. The smallest absolute Gasteiger partial charge is 0.220 e. The lowest BCUT2D eigenvalue weighted by Gasteiger charge is -2.40. The molecule has 0 spiro atoms. The summed E-state index contributed by atoms with van der Waals surface area (Å²) in [6.07, 6.45) is 26.4. The number of carbonyl (C=O) groups excluding carboxylic acids is 1. The maximum absolute atomic E-state index is 12.9. The summed E-state index contributed by atoms with van der Waals surface area (Å²) in [6, 6.07) is -0.717. The highest BCUT2D eigenvalue weighted by Crippen LogP contribution is 2.23. The van der Waals surface area contributed by atoms with Crippen LogP contribution in [0.15, 0.2) is 12.2 Å². The van der Waals surface area contributed by atoms with Crippen LogP contribution in [-0.4, -0.2) is 87.5 Å². The predicted octanol–water partition coefficient (Wildman–Crippen LogP) is 7.39. The van der Waals surface area contributed by atoms with Crippen LogP contribution in [-0.2, 0) is 14.3 Å². The molecular formula is C40H77NO8. The average molecular weight is 700 g/mol. The Bertz CT molecular complexity index is 781. The van der Waals surface area contributed by atoms with Gasteiger partial charge in [-0.25, -0.2) is 0 Å². The van der Waals surface area contributed by atoms with Crippen LogP contribution in [0, 0.1) is 0 Å². The van der Waals surface area contributed by atoms with Gasteiger partial charge in [0.25, 0.3) is 0 Å². The summed E-state index contributed by atoms with van der Waals surface area (Å²) in [5.74, 6) is -0.155. The molecule has 0 bridgehead atoms. The molecule has 49 heavy (non-hydrogen) atoms. The van der Waals surface area contributed by atoms with Crippen LogP contribution in [0.2, 0.25) is 0 Å². The lowest BCUT2D eigenvalue weighted by atomic mass is 9.99. The fourth-order valence-corrected chi connectivity index (χ4v) is 6.51. The molecule has 1 rings (SSSR count). The van der Waals surface area contributed by atoms with Crippen LogP contribution in [0.1, 0.15) is 181 Å². The lowest BCUT2D eigenvalue weighted by molar-refractivity contribution is -0.302. The molecule has 7 unspecified atom stereocenters. The third kappa shape index (κ3) is 23.2. The Morgan fingerprint density at radius 1 is 0.673 bits per heavy atom. The van der Waals surface area contributed by atoms with Crippen molar-refractivity contribution in [2.45, 2.75) is 224 Å². The van der Waals surface area contributed by atoms with Crippen molar-refractivity contribution >= 4 is 5.91 Å². The maximum Gasteiger partial charge on any atom is 0.220 e. The summed E-state index contributed by atoms with van der Waals surface area (Å²) >= 11 is 0. The Kier molecular flexibility index (Phi) is 29.7. The summed E-state index contributed by atoms with van der Waals surface area (Å²) in [5.41, 5.74) is 0. The molecule has 1 fully saturated rings. The van der Waals surface area contributed by atoms with Crippen molar-refractivity contribution in [2.24, 2.45) is 0 Å². The molecule has 0 aromatic carbocycles. The zero-order valence-corrected chi connectivity index (χ0v) is 31.5. The number of amides is 1. The molecule has 9 nitrogen and oxygen atoms in total. The van der Waals surface area contributed by atoms with Gasteiger partial charge >= 0.3 is 0 Å². The van der Waals surface area contributed by atoms with E-state index in [0.717, 1.165) is 51.4 Å². The van der Waals surface area contributed by atoms with Crippen LogP contribution >= 0.6 is 0 Å². The van der Waals surface area contributed by atoms with Gasteiger partial charge in [-0.1, -0.05) is 148 Å². The zero-order chi connectivity index (χ0) is 36.0. The molecule has 0 aliphatic carbocycles. The van der Waals surface area contributed by atoms with Gasteiger partial charge in [0.2, 0.25) is 5.91 Å². The second-order valence-corrected chi connectivity index (χ2v) is 14.4. The first-order chi connectivity index (χ1) is 23.8. The molecule has 0 saturated carbocycles. The van der Waals surface area contributed by atoms with E-state index in [0.29, 0.717) is 12.8 Å². The van der Waals surface area contributed by atoms with E-state index < -0.39 is 49.5 Å². The first-order valence-corrected chi connectivity index (χ1v) is 20.4. The standard InChI is InChI=1S/C40H77NO8/c1-3-5-7-9-11-13-15-16-17-18-20-22-24-26-28-30-36(44)41-33(32-48-40-39(47)38(46)37(45)35(31-42)49-40)34(43)29-27-25-23-21-19-14-12-10-8-6-4-2/h16-17,33-35,37-40,42-43,45-47H,3-15,18-32H2,1-2H3,(H,41,44)/b17-16-. The summed E-state index contributed by atoms with van der Waals surface area (Å²) in [7, 11) is 0. The van der Waals surface area contributed by atoms with Crippen molar-refractivity contribution in [3.8, 4) is 0 Å². The van der Waals surface area contributed by atoms with Crippen LogP contribution in [0.5, 0.6) is 0 Å². The Labute approximate surface area is 299 Å². The Balaban J connectivity index is 2.39. The largest absolute Gasteiger partial charge is 0.394 e. The number of unbranched alkanes of at least 4 members (excludes halogenated alkanes) is 21. The average Bonchev–Trinajstić information content (AvgIpc) is 3.10. The fourth-order valence-electron chi connectivity index (χ4n) is 6.51. The molecule has 1 aliphatic heterocycles. The Morgan fingerprint density at radius 2 is 1.14 bits per heavy atom. The van der Waals surface area contributed by atoms with Crippen molar-refractivity contribution in [1.29, 1.82) is 0 Å². The second kappa shape index (κ2) is 31.6. The van der Waals surface area contributed by atoms with Gasteiger partial charge in [0, 0.05) is 6.42 Å². The number of aliphatic hydroxyl groups excluding tert-OH is 5. The van der Waals surface area contributed by atoms with Gasteiger partial charge in [0.1, 0.15) is 24.4 Å². The molecule has 0 aromatic rings. The maximum atomic E-state index is 12.9. The molecule has 0 aromatic heterocycles. The van der Waals surface area contributed by atoms with Crippen LogP contribution < -0.4 is 5.32 Å². The van der Waals surface area contributed by atoms with Gasteiger partial charge in [-0.15, -0.1) is 0 Å². The normalized spacial score (nSPS) is 22.5. The highest BCUT2D eigenvalue weighted by Gasteiger charge is 2.44. The molecule has 1 aliphatic rings. The highest BCUT2D eigenvalue weighted by molar-refractivity contribution is 5.76. The van der Waals surface area contributed by atoms with E-state index in [1.165, 1.54) is 103 Å². The van der Waals surface area contributed by atoms with E-state index in [2.05, 4.69) is 31.3 Å². The summed E-state index contributed by atoms with van der Waals surface area (Å²) in [6.45, 7) is 3.79. The van der Waals surface area contributed by atoms with Crippen LogP contribution in [0.3, 0.4) is 0 Å². The van der Waals surface area contributed by atoms with Gasteiger partial charge in [-0.2, -0.15) is 0 Å². The third-order valence-corrected chi connectivity index (χ3v) is 9.87. The second-order valence-electron chi connectivity index (χ2n) is 14.4. The molecule has 7 atom stereocenters. The summed E-state index contributed by atoms with van der Waals surface area (Å²) in [4.78, 5) is 12.9. The van der Waals surface area contributed by atoms with Crippen molar-refractivity contribution in [1.82, 2.24) is 5.32 Å². The molecule has 1 saturated heterocycles. The summed E-state index contributed by atoms with van der Waals surface area (Å²) in [5, 5.41) is 54.1. The minimum atomic E-state index is -1.55. The number of ether oxygens (including phenoxy) is 2. The van der Waals surface area contributed by atoms with Crippen molar-refractivity contribution in [3.05, 3.63) is 12.2 Å². The van der Waals surface area contributed by atoms with E-state index >= 15 is 0 Å². The van der Waals surface area contributed by atoms with E-state index in [1.807, 2.05) is 0 Å². The molecular weight excluding hydrogens is 622 g/mol. The van der Waals surface area contributed by atoms with Crippen molar-refractivity contribution < 1.29 is 39.8 Å². The van der Waals surface area contributed by atoms with Crippen molar-refractivity contribution in [2.75, 3.05) is 13.2 Å². The zero-order valence-electron chi connectivity index (χ0n) is 31.5. The van der Waals surface area contributed by atoms with Gasteiger partial charge in [-0.3, -0.25) is 4.79 Å². The molecule has 9 heteroatoms. The van der Waals surface area contributed by atoms with Gasteiger partial charge in [0.15, 0.2) is 6.29 Å². The van der Waals surface area contributed by atoms with E-state index in [1.54, 1.807) is 0 Å². The quantitative estimate of drug-likeness (QED) is 0.0307. The first-order valence-electron chi connectivity index (χ1n) is 20.4. The lowest BCUT2D eigenvalue weighted by Crippen LogP contribution is -2.60. The Morgan fingerprint density at radius 3 is 1.65 bits per heavy atom. The highest BCUT2D eigenvalue weighted by atomic mass is 16.7. The number of aliphatic hydroxyl groups is 5. The SMILES string of the molecule is CCCCCCCC/C=C\CCCCCCCC(=O)NC(COC1OC(CO)C(O)C(O)C1O)C(O)CCCCCCCCCCCCC. The first kappa shape index (κ1) is 46.0. The van der Waals surface area contributed by atoms with Crippen LogP contribution in [0.4, 0.5) is 0 Å². The number of hydrogen-bond donors (Lipinski definition) is 6. The third-order valence-electron chi connectivity index (χ3n) is 9.87. The molecule has 1 heterocycles. The number of nitrogens with one attached hydrogen (secondary N) is 1. The molecule has 6 N–H and O–H groups in total. The van der Waals surface area contributed by atoms with E-state index in [-0.39, 0.29) is 12.5 Å². The minimum absolute atomic E-state index is 0.139. The van der Waals surface area contributed by atoms with Gasteiger partial charge in [-0.05, 0) is 38.5 Å². The van der Waals surface area contributed by atoms with Gasteiger partial charge < -0.3 is 40.3 Å². The topological polar surface area (TPSA) is 149 Å².